The van der Waals surface area contributed by atoms with Crippen LogP contribution >= 0.6 is 0 Å². The lowest BCUT2D eigenvalue weighted by Gasteiger charge is -2.19. The molecule has 1 rings (SSSR count). The summed E-state index contributed by atoms with van der Waals surface area (Å²) in [5, 5.41) is 3.65. The van der Waals surface area contributed by atoms with Gasteiger partial charge in [0, 0.05) is 6.04 Å². The van der Waals surface area contributed by atoms with Crippen molar-refractivity contribution in [2.24, 2.45) is 0 Å². The molecule has 0 heterocycles. The first-order valence-corrected chi connectivity index (χ1v) is 7.17. The lowest BCUT2D eigenvalue weighted by molar-refractivity contribution is 0.400. The highest BCUT2D eigenvalue weighted by Crippen LogP contribution is 2.20. The van der Waals surface area contributed by atoms with Gasteiger partial charge in [0.2, 0.25) is 0 Å². The van der Waals surface area contributed by atoms with Crippen molar-refractivity contribution in [2.75, 3.05) is 13.7 Å². The zero-order valence-corrected chi connectivity index (χ0v) is 12.0. The Morgan fingerprint density at radius 2 is 1.94 bits per heavy atom. The van der Waals surface area contributed by atoms with Gasteiger partial charge in [0.15, 0.2) is 0 Å². The number of hydrogen-bond acceptors (Lipinski definition) is 2. The van der Waals surface area contributed by atoms with Crippen LogP contribution in [0.2, 0.25) is 0 Å². The SMILES string of the molecule is CCCCC(Cc1ccccc1OC)NCCC. The molecule has 18 heavy (non-hydrogen) atoms. The van der Waals surface area contributed by atoms with Crippen LogP contribution in [-0.2, 0) is 6.42 Å². The molecule has 0 spiro atoms. The zero-order valence-electron chi connectivity index (χ0n) is 12.0. The average Bonchev–Trinajstić information content (AvgIpc) is 2.42. The van der Waals surface area contributed by atoms with E-state index in [2.05, 4.69) is 31.3 Å². The molecule has 1 aromatic rings. The van der Waals surface area contributed by atoms with Gasteiger partial charge in [0.1, 0.15) is 5.75 Å². The van der Waals surface area contributed by atoms with Crippen LogP contribution in [0.15, 0.2) is 24.3 Å². The molecule has 0 amide bonds. The Kier molecular flexibility index (Phi) is 7.51. The van der Waals surface area contributed by atoms with E-state index in [0.29, 0.717) is 6.04 Å². The Labute approximate surface area is 112 Å². The number of methoxy groups -OCH3 is 1. The maximum absolute atomic E-state index is 5.43. The maximum Gasteiger partial charge on any atom is 0.122 e. The summed E-state index contributed by atoms with van der Waals surface area (Å²) >= 11 is 0. The molecule has 0 fully saturated rings. The van der Waals surface area contributed by atoms with Gasteiger partial charge < -0.3 is 10.1 Å². The third kappa shape index (κ3) is 5.09. The van der Waals surface area contributed by atoms with Crippen LogP contribution in [0.1, 0.15) is 45.1 Å². The molecule has 0 aromatic heterocycles. The molecule has 1 unspecified atom stereocenters. The van der Waals surface area contributed by atoms with Gasteiger partial charge in [-0.15, -0.1) is 0 Å². The van der Waals surface area contributed by atoms with E-state index < -0.39 is 0 Å². The van der Waals surface area contributed by atoms with E-state index in [-0.39, 0.29) is 0 Å². The molecular formula is C16H27NO. The normalized spacial score (nSPS) is 12.4. The maximum atomic E-state index is 5.43. The Balaban J connectivity index is 2.62. The van der Waals surface area contributed by atoms with Gasteiger partial charge in [-0.2, -0.15) is 0 Å². The van der Waals surface area contributed by atoms with Crippen molar-refractivity contribution in [3.8, 4) is 5.75 Å². The number of ether oxygens (including phenoxy) is 1. The van der Waals surface area contributed by atoms with E-state index in [0.717, 1.165) is 18.7 Å². The van der Waals surface area contributed by atoms with E-state index in [1.807, 2.05) is 12.1 Å². The van der Waals surface area contributed by atoms with Gasteiger partial charge >= 0.3 is 0 Å². The van der Waals surface area contributed by atoms with Crippen molar-refractivity contribution in [1.29, 1.82) is 0 Å². The van der Waals surface area contributed by atoms with E-state index in [9.17, 15) is 0 Å². The molecule has 0 radical (unpaired) electrons. The first-order valence-electron chi connectivity index (χ1n) is 7.17. The summed E-state index contributed by atoms with van der Waals surface area (Å²) in [6.07, 6.45) is 6.04. The van der Waals surface area contributed by atoms with Crippen molar-refractivity contribution >= 4 is 0 Å². The summed E-state index contributed by atoms with van der Waals surface area (Å²) < 4.78 is 5.43. The first-order chi connectivity index (χ1) is 8.81. The van der Waals surface area contributed by atoms with Gasteiger partial charge in [0.25, 0.3) is 0 Å². The van der Waals surface area contributed by atoms with E-state index in [1.54, 1.807) is 7.11 Å². The Bertz CT molecular complexity index is 317. The molecule has 102 valence electrons. The Morgan fingerprint density at radius 1 is 1.17 bits per heavy atom. The minimum absolute atomic E-state index is 0.571. The monoisotopic (exact) mass is 249 g/mol. The second-order valence-electron chi connectivity index (χ2n) is 4.81. The number of unbranched alkanes of at least 4 members (excludes halogenated alkanes) is 1. The van der Waals surface area contributed by atoms with E-state index in [4.69, 9.17) is 4.74 Å². The molecule has 0 saturated heterocycles. The van der Waals surface area contributed by atoms with Crippen LogP contribution in [0.3, 0.4) is 0 Å². The van der Waals surface area contributed by atoms with Crippen molar-refractivity contribution in [2.45, 2.75) is 52.0 Å². The van der Waals surface area contributed by atoms with Crippen LogP contribution < -0.4 is 10.1 Å². The first kappa shape index (κ1) is 15.0. The topological polar surface area (TPSA) is 21.3 Å². The standard InChI is InChI=1S/C16H27NO/c1-4-6-10-15(17-12-5-2)13-14-9-7-8-11-16(14)18-3/h7-9,11,15,17H,4-6,10,12-13H2,1-3H3. The molecule has 1 atom stereocenters. The highest BCUT2D eigenvalue weighted by Gasteiger charge is 2.11. The quantitative estimate of drug-likeness (QED) is 0.719. The number of hydrogen-bond donors (Lipinski definition) is 1. The number of rotatable bonds is 9. The molecule has 2 heteroatoms. The van der Waals surface area contributed by atoms with Crippen molar-refractivity contribution < 1.29 is 4.74 Å². The summed E-state index contributed by atoms with van der Waals surface area (Å²) in [5.74, 6) is 1.01. The number of benzene rings is 1. The van der Waals surface area contributed by atoms with Crippen LogP contribution in [0, 0.1) is 0 Å². The van der Waals surface area contributed by atoms with Gasteiger partial charge in [-0.1, -0.05) is 44.9 Å². The minimum atomic E-state index is 0.571. The summed E-state index contributed by atoms with van der Waals surface area (Å²) in [5.41, 5.74) is 1.31. The zero-order chi connectivity index (χ0) is 13.2. The lowest BCUT2D eigenvalue weighted by Crippen LogP contribution is -2.31. The van der Waals surface area contributed by atoms with Gasteiger partial charge in [0.05, 0.1) is 7.11 Å². The predicted octanol–water partition coefficient (Wildman–Crippen LogP) is 3.80. The van der Waals surface area contributed by atoms with Crippen LogP contribution in [0.4, 0.5) is 0 Å². The second-order valence-corrected chi connectivity index (χ2v) is 4.81. The molecule has 1 N–H and O–H groups in total. The number of para-hydroxylation sites is 1. The fraction of sp³-hybridized carbons (Fsp3) is 0.625. The van der Waals surface area contributed by atoms with Crippen molar-refractivity contribution in [1.82, 2.24) is 5.32 Å². The third-order valence-corrected chi connectivity index (χ3v) is 3.25. The van der Waals surface area contributed by atoms with E-state index in [1.165, 1.54) is 31.2 Å². The molecule has 0 aliphatic carbocycles. The van der Waals surface area contributed by atoms with Crippen LogP contribution in [0.5, 0.6) is 5.75 Å². The molecule has 2 nitrogen and oxygen atoms in total. The molecule has 1 aromatic carbocycles. The average molecular weight is 249 g/mol. The predicted molar refractivity (Wildman–Crippen MR) is 78.3 cm³/mol. The number of nitrogens with one attached hydrogen (secondary N) is 1. The van der Waals surface area contributed by atoms with Crippen LogP contribution in [0.25, 0.3) is 0 Å². The van der Waals surface area contributed by atoms with Crippen molar-refractivity contribution in [3.05, 3.63) is 29.8 Å². The van der Waals surface area contributed by atoms with Crippen LogP contribution in [-0.4, -0.2) is 19.7 Å². The highest BCUT2D eigenvalue weighted by atomic mass is 16.5. The minimum Gasteiger partial charge on any atom is -0.496 e. The Hall–Kier alpha value is -1.02. The summed E-state index contributed by atoms with van der Waals surface area (Å²) in [7, 11) is 1.75. The summed E-state index contributed by atoms with van der Waals surface area (Å²) in [4.78, 5) is 0. The van der Waals surface area contributed by atoms with E-state index >= 15 is 0 Å². The largest absolute Gasteiger partial charge is 0.496 e. The highest BCUT2D eigenvalue weighted by molar-refractivity contribution is 5.33. The fourth-order valence-corrected chi connectivity index (χ4v) is 2.21. The fourth-order valence-electron chi connectivity index (χ4n) is 2.21. The smallest absolute Gasteiger partial charge is 0.122 e. The van der Waals surface area contributed by atoms with Gasteiger partial charge in [-0.05, 0) is 37.4 Å². The molecule has 0 bridgehead atoms. The summed E-state index contributed by atoms with van der Waals surface area (Å²) in [6.45, 7) is 5.57. The molecule has 0 aliphatic heterocycles. The van der Waals surface area contributed by atoms with Gasteiger partial charge in [-0.3, -0.25) is 0 Å². The van der Waals surface area contributed by atoms with Crippen molar-refractivity contribution in [3.63, 3.8) is 0 Å². The molecule has 0 saturated carbocycles. The van der Waals surface area contributed by atoms with Gasteiger partial charge in [-0.25, -0.2) is 0 Å². The molecule has 0 aliphatic rings. The lowest BCUT2D eigenvalue weighted by atomic mass is 10.00. The third-order valence-electron chi connectivity index (χ3n) is 3.25. The Morgan fingerprint density at radius 3 is 2.61 bits per heavy atom. The molecular weight excluding hydrogens is 222 g/mol. The summed E-state index contributed by atoms with van der Waals surface area (Å²) in [6, 6.07) is 8.91. The second kappa shape index (κ2) is 8.98.